The Bertz CT molecular complexity index is 357. The van der Waals surface area contributed by atoms with Gasteiger partial charge in [0.05, 0.1) is 0 Å². The van der Waals surface area contributed by atoms with E-state index >= 15 is 0 Å². The van der Waals surface area contributed by atoms with Crippen LogP contribution in [0.25, 0.3) is 0 Å². The number of hydrogen-bond donors (Lipinski definition) is 1. The van der Waals surface area contributed by atoms with Crippen LogP contribution in [0.1, 0.15) is 36.5 Å². The molecule has 88 valence electrons. The summed E-state index contributed by atoms with van der Waals surface area (Å²) in [4.78, 5) is 0. The second-order valence-electron chi connectivity index (χ2n) is 5.57. The van der Waals surface area contributed by atoms with Crippen molar-refractivity contribution in [2.75, 3.05) is 7.05 Å². The lowest BCUT2D eigenvalue weighted by atomic mass is 9.89. The third-order valence-electron chi connectivity index (χ3n) is 4.28. The number of benzene rings is 1. The highest BCUT2D eigenvalue weighted by molar-refractivity contribution is 5.34. The first-order valence-electron chi connectivity index (χ1n) is 6.29. The molecule has 0 saturated heterocycles. The molecule has 1 aliphatic carbocycles. The topological polar surface area (TPSA) is 12.0 Å². The van der Waals surface area contributed by atoms with Gasteiger partial charge in [0, 0.05) is 6.04 Å². The molecule has 1 aromatic carbocycles. The first-order chi connectivity index (χ1) is 7.57. The number of rotatable bonds is 4. The van der Waals surface area contributed by atoms with E-state index in [0.717, 1.165) is 0 Å². The Balaban J connectivity index is 2.19. The van der Waals surface area contributed by atoms with Gasteiger partial charge >= 0.3 is 0 Å². The van der Waals surface area contributed by atoms with Crippen LogP contribution in [0, 0.1) is 19.3 Å². The number of hydrogen-bond acceptors (Lipinski definition) is 1. The predicted molar refractivity (Wildman–Crippen MR) is 69.8 cm³/mol. The highest BCUT2D eigenvalue weighted by atomic mass is 14.9. The molecule has 1 heteroatoms. The average Bonchev–Trinajstić information content (AvgIpc) is 2.97. The monoisotopic (exact) mass is 217 g/mol. The fourth-order valence-electron chi connectivity index (χ4n) is 2.62. The van der Waals surface area contributed by atoms with E-state index in [1.807, 2.05) is 0 Å². The van der Waals surface area contributed by atoms with E-state index in [2.05, 4.69) is 51.3 Å². The lowest BCUT2D eigenvalue weighted by molar-refractivity contribution is 0.375. The van der Waals surface area contributed by atoms with Crippen LogP contribution in [0.15, 0.2) is 18.2 Å². The summed E-state index contributed by atoms with van der Waals surface area (Å²) in [5, 5.41) is 3.51. The normalized spacial score (nSPS) is 19.5. The van der Waals surface area contributed by atoms with Gasteiger partial charge in [-0.25, -0.2) is 0 Å². The molecule has 0 aromatic heterocycles. The summed E-state index contributed by atoms with van der Waals surface area (Å²) in [6, 6.07) is 7.24. The van der Waals surface area contributed by atoms with Gasteiger partial charge in [-0.05, 0) is 62.3 Å². The molecular formula is C15H23N. The smallest absolute Gasteiger partial charge is 0.0158 e. The van der Waals surface area contributed by atoms with Gasteiger partial charge in [-0.15, -0.1) is 0 Å². The van der Waals surface area contributed by atoms with E-state index in [0.29, 0.717) is 11.5 Å². The van der Waals surface area contributed by atoms with Gasteiger partial charge in [0.1, 0.15) is 0 Å². The molecule has 1 fully saturated rings. The summed E-state index contributed by atoms with van der Waals surface area (Å²) >= 11 is 0. The van der Waals surface area contributed by atoms with Crippen LogP contribution < -0.4 is 5.32 Å². The van der Waals surface area contributed by atoms with Crippen LogP contribution in [0.5, 0.6) is 0 Å². The summed E-state index contributed by atoms with van der Waals surface area (Å²) in [5.41, 5.74) is 4.95. The van der Waals surface area contributed by atoms with Crippen molar-refractivity contribution in [2.45, 2.75) is 46.1 Å². The first kappa shape index (κ1) is 11.7. The third-order valence-corrected chi connectivity index (χ3v) is 4.28. The first-order valence-corrected chi connectivity index (χ1v) is 6.29. The van der Waals surface area contributed by atoms with Gasteiger partial charge in [-0.3, -0.25) is 0 Å². The van der Waals surface area contributed by atoms with Gasteiger partial charge in [0.2, 0.25) is 0 Å². The van der Waals surface area contributed by atoms with Gasteiger partial charge in [-0.1, -0.05) is 25.1 Å². The largest absolute Gasteiger partial charge is 0.316 e. The maximum atomic E-state index is 3.51. The van der Waals surface area contributed by atoms with E-state index in [1.54, 1.807) is 0 Å². The molecule has 1 aliphatic rings. The number of likely N-dealkylation sites (N-methyl/N-ethyl adjacent to an activating group) is 1. The van der Waals surface area contributed by atoms with Crippen molar-refractivity contribution >= 4 is 0 Å². The van der Waals surface area contributed by atoms with Crippen LogP contribution in [0.3, 0.4) is 0 Å². The molecule has 1 aromatic rings. The molecule has 0 radical (unpaired) electrons. The summed E-state index contributed by atoms with van der Waals surface area (Å²) < 4.78 is 0. The molecule has 0 amide bonds. The number of aryl methyl sites for hydroxylation is 2. The third kappa shape index (κ3) is 2.15. The average molecular weight is 217 g/mol. The highest BCUT2D eigenvalue weighted by Crippen LogP contribution is 2.49. The maximum absolute atomic E-state index is 3.51. The molecule has 1 unspecified atom stereocenters. The van der Waals surface area contributed by atoms with Gasteiger partial charge < -0.3 is 5.32 Å². The zero-order chi connectivity index (χ0) is 11.8. The van der Waals surface area contributed by atoms with Crippen LogP contribution >= 0.6 is 0 Å². The van der Waals surface area contributed by atoms with E-state index < -0.39 is 0 Å². The zero-order valence-corrected chi connectivity index (χ0v) is 10.9. The van der Waals surface area contributed by atoms with E-state index in [1.165, 1.54) is 36.0 Å². The molecule has 1 atom stereocenters. The molecule has 0 heterocycles. The van der Waals surface area contributed by atoms with Crippen molar-refractivity contribution in [3.63, 3.8) is 0 Å². The standard InChI is InChI=1S/C15H23N/c1-11-6-5-7-12(2)13(11)10-14(16-4)15(3)8-9-15/h5-7,14,16H,8-10H2,1-4H3. The fraction of sp³-hybridized carbons (Fsp3) is 0.600. The Morgan fingerprint density at radius 2 is 1.81 bits per heavy atom. The molecule has 1 saturated carbocycles. The Morgan fingerprint density at radius 1 is 1.25 bits per heavy atom. The molecule has 0 aliphatic heterocycles. The minimum Gasteiger partial charge on any atom is -0.316 e. The van der Waals surface area contributed by atoms with Gasteiger partial charge in [0.15, 0.2) is 0 Å². The van der Waals surface area contributed by atoms with Crippen molar-refractivity contribution in [1.29, 1.82) is 0 Å². The SMILES string of the molecule is CNC(Cc1c(C)cccc1C)C1(C)CC1. The molecule has 2 rings (SSSR count). The van der Waals surface area contributed by atoms with Crippen molar-refractivity contribution in [3.8, 4) is 0 Å². The number of nitrogens with one attached hydrogen (secondary N) is 1. The molecule has 0 bridgehead atoms. The second-order valence-corrected chi connectivity index (χ2v) is 5.57. The van der Waals surface area contributed by atoms with Crippen LogP contribution in [-0.4, -0.2) is 13.1 Å². The highest BCUT2D eigenvalue weighted by Gasteiger charge is 2.44. The molecular weight excluding hydrogens is 194 g/mol. The maximum Gasteiger partial charge on any atom is 0.0158 e. The van der Waals surface area contributed by atoms with Gasteiger partial charge in [0.25, 0.3) is 0 Å². The molecule has 16 heavy (non-hydrogen) atoms. The van der Waals surface area contributed by atoms with Crippen LogP contribution in [-0.2, 0) is 6.42 Å². The molecule has 1 nitrogen and oxygen atoms in total. The minimum absolute atomic E-state index is 0.545. The Kier molecular flexibility index (Phi) is 3.07. The lowest BCUT2D eigenvalue weighted by Gasteiger charge is -2.24. The minimum atomic E-state index is 0.545. The van der Waals surface area contributed by atoms with E-state index in [-0.39, 0.29) is 0 Å². The lowest BCUT2D eigenvalue weighted by Crippen LogP contribution is -2.35. The summed E-state index contributed by atoms with van der Waals surface area (Å²) in [5.74, 6) is 0. The van der Waals surface area contributed by atoms with Crippen molar-refractivity contribution in [1.82, 2.24) is 5.32 Å². The van der Waals surface area contributed by atoms with Crippen LogP contribution in [0.4, 0.5) is 0 Å². The molecule has 1 N–H and O–H groups in total. The van der Waals surface area contributed by atoms with Crippen molar-refractivity contribution in [3.05, 3.63) is 34.9 Å². The van der Waals surface area contributed by atoms with Crippen molar-refractivity contribution in [2.24, 2.45) is 5.41 Å². The summed E-state index contributed by atoms with van der Waals surface area (Å²) in [6.45, 7) is 6.86. The van der Waals surface area contributed by atoms with Gasteiger partial charge in [-0.2, -0.15) is 0 Å². The van der Waals surface area contributed by atoms with Crippen molar-refractivity contribution < 1.29 is 0 Å². The Labute approximate surface area is 99.3 Å². The summed E-state index contributed by atoms with van der Waals surface area (Å²) in [6.07, 6.45) is 3.93. The summed E-state index contributed by atoms with van der Waals surface area (Å²) in [7, 11) is 2.10. The zero-order valence-electron chi connectivity index (χ0n) is 10.9. The van der Waals surface area contributed by atoms with E-state index in [9.17, 15) is 0 Å². The Hall–Kier alpha value is -0.820. The quantitative estimate of drug-likeness (QED) is 0.816. The Morgan fingerprint density at radius 3 is 2.25 bits per heavy atom. The molecule has 0 spiro atoms. The predicted octanol–water partition coefficient (Wildman–Crippen LogP) is 3.23. The van der Waals surface area contributed by atoms with E-state index in [4.69, 9.17) is 0 Å². The fourth-order valence-corrected chi connectivity index (χ4v) is 2.62. The van der Waals surface area contributed by atoms with Crippen LogP contribution in [0.2, 0.25) is 0 Å². The second kappa shape index (κ2) is 4.21.